The molecule has 0 aromatic heterocycles. The first-order valence-corrected chi connectivity index (χ1v) is 4.78. The van der Waals surface area contributed by atoms with Crippen molar-refractivity contribution in [3.05, 3.63) is 29.8 Å². The predicted molar refractivity (Wildman–Crippen MR) is 59.5 cm³/mol. The third-order valence-corrected chi connectivity index (χ3v) is 1.98. The van der Waals surface area contributed by atoms with E-state index in [-0.39, 0.29) is 6.61 Å². The lowest BCUT2D eigenvalue weighted by atomic mass is 10.2. The summed E-state index contributed by atoms with van der Waals surface area (Å²) in [6.07, 6.45) is 0. The number of hydrazine groups is 1. The topological polar surface area (TPSA) is 72.6 Å². The standard InChI is InChI=1S/C11H14N2O3/c1-8-3-5-10(6-4-8)13(12)11(15)7-16-9(2)14/h3-6H,7,12H2,1-2H3. The Balaban J connectivity index is 2.63. The first-order chi connectivity index (χ1) is 7.50. The minimum atomic E-state index is -0.509. The van der Waals surface area contributed by atoms with Gasteiger partial charge in [-0.25, -0.2) is 10.9 Å². The third-order valence-electron chi connectivity index (χ3n) is 1.98. The van der Waals surface area contributed by atoms with Crippen molar-refractivity contribution in [1.29, 1.82) is 0 Å². The maximum Gasteiger partial charge on any atom is 0.303 e. The molecule has 1 aromatic rings. The van der Waals surface area contributed by atoms with Crippen LogP contribution in [0.4, 0.5) is 5.69 Å². The van der Waals surface area contributed by atoms with Gasteiger partial charge in [0.05, 0.1) is 5.69 Å². The Labute approximate surface area is 93.8 Å². The second-order valence-corrected chi connectivity index (χ2v) is 3.38. The van der Waals surface area contributed by atoms with Crippen molar-refractivity contribution in [2.24, 2.45) is 5.84 Å². The van der Waals surface area contributed by atoms with Gasteiger partial charge in [0.2, 0.25) is 0 Å². The minimum Gasteiger partial charge on any atom is -0.456 e. The van der Waals surface area contributed by atoms with E-state index < -0.39 is 11.9 Å². The van der Waals surface area contributed by atoms with Crippen LogP contribution in [0.25, 0.3) is 0 Å². The van der Waals surface area contributed by atoms with Crippen molar-refractivity contribution in [1.82, 2.24) is 0 Å². The van der Waals surface area contributed by atoms with Crippen LogP contribution < -0.4 is 10.9 Å². The monoisotopic (exact) mass is 222 g/mol. The Hall–Kier alpha value is -1.88. The van der Waals surface area contributed by atoms with Crippen LogP contribution in [-0.2, 0) is 14.3 Å². The largest absolute Gasteiger partial charge is 0.456 e. The Morgan fingerprint density at radius 1 is 1.31 bits per heavy atom. The van der Waals surface area contributed by atoms with Gasteiger partial charge in [-0.15, -0.1) is 0 Å². The van der Waals surface area contributed by atoms with Gasteiger partial charge in [-0.05, 0) is 19.1 Å². The van der Waals surface area contributed by atoms with E-state index in [9.17, 15) is 9.59 Å². The summed E-state index contributed by atoms with van der Waals surface area (Å²) in [4.78, 5) is 22.0. The van der Waals surface area contributed by atoms with Crippen molar-refractivity contribution in [3.63, 3.8) is 0 Å². The second kappa shape index (κ2) is 5.27. The average Bonchev–Trinajstić information content (AvgIpc) is 2.26. The van der Waals surface area contributed by atoms with Crippen LogP contribution in [0, 0.1) is 6.92 Å². The molecule has 1 rings (SSSR count). The molecule has 0 atom stereocenters. The molecule has 0 unspecified atom stereocenters. The van der Waals surface area contributed by atoms with Crippen molar-refractivity contribution < 1.29 is 14.3 Å². The zero-order valence-electron chi connectivity index (χ0n) is 9.27. The Morgan fingerprint density at radius 3 is 2.38 bits per heavy atom. The number of aryl methyl sites for hydroxylation is 1. The Bertz CT molecular complexity index is 387. The average molecular weight is 222 g/mol. The quantitative estimate of drug-likeness (QED) is 0.355. The molecular formula is C11H14N2O3. The van der Waals surface area contributed by atoms with E-state index in [1.807, 2.05) is 19.1 Å². The highest BCUT2D eigenvalue weighted by Gasteiger charge is 2.12. The molecule has 1 aromatic carbocycles. The van der Waals surface area contributed by atoms with E-state index in [2.05, 4.69) is 4.74 Å². The highest BCUT2D eigenvalue weighted by atomic mass is 16.5. The zero-order valence-corrected chi connectivity index (χ0v) is 9.27. The molecule has 0 bridgehead atoms. The summed E-state index contributed by atoms with van der Waals surface area (Å²) in [5, 5.41) is 0.961. The molecule has 86 valence electrons. The van der Waals surface area contributed by atoms with Crippen LogP contribution in [0.3, 0.4) is 0 Å². The van der Waals surface area contributed by atoms with Crippen LogP contribution in [0.2, 0.25) is 0 Å². The molecule has 0 spiro atoms. The van der Waals surface area contributed by atoms with Gasteiger partial charge in [0.25, 0.3) is 5.91 Å². The van der Waals surface area contributed by atoms with Crippen molar-refractivity contribution in [2.45, 2.75) is 13.8 Å². The van der Waals surface area contributed by atoms with Gasteiger partial charge in [-0.3, -0.25) is 9.59 Å². The molecule has 5 nitrogen and oxygen atoms in total. The number of nitrogens with two attached hydrogens (primary N) is 1. The summed E-state index contributed by atoms with van der Waals surface area (Å²) >= 11 is 0. The lowest BCUT2D eigenvalue weighted by Crippen LogP contribution is -2.40. The smallest absolute Gasteiger partial charge is 0.303 e. The fraction of sp³-hybridized carbons (Fsp3) is 0.273. The number of anilines is 1. The lowest BCUT2D eigenvalue weighted by molar-refractivity contribution is -0.145. The molecule has 0 radical (unpaired) electrons. The first kappa shape index (κ1) is 12.2. The van der Waals surface area contributed by atoms with Gasteiger partial charge in [0, 0.05) is 6.92 Å². The number of nitrogens with zero attached hydrogens (tertiary/aromatic N) is 1. The lowest BCUT2D eigenvalue weighted by Gasteiger charge is -2.16. The summed E-state index contributed by atoms with van der Waals surface area (Å²) in [6.45, 7) is 2.82. The molecule has 0 heterocycles. The van der Waals surface area contributed by atoms with E-state index in [1.165, 1.54) is 6.92 Å². The van der Waals surface area contributed by atoms with Gasteiger partial charge >= 0.3 is 5.97 Å². The number of esters is 1. The first-order valence-electron chi connectivity index (χ1n) is 4.78. The Morgan fingerprint density at radius 2 is 1.88 bits per heavy atom. The Kier molecular flexibility index (Phi) is 4.02. The number of benzene rings is 1. The molecule has 0 aliphatic carbocycles. The number of hydrogen-bond acceptors (Lipinski definition) is 4. The zero-order chi connectivity index (χ0) is 12.1. The van der Waals surface area contributed by atoms with Crippen molar-refractivity contribution in [3.8, 4) is 0 Å². The van der Waals surface area contributed by atoms with Crippen molar-refractivity contribution in [2.75, 3.05) is 11.6 Å². The van der Waals surface area contributed by atoms with Gasteiger partial charge in [0.1, 0.15) is 0 Å². The number of carbonyl (C=O) groups excluding carboxylic acids is 2. The molecule has 5 heteroatoms. The van der Waals surface area contributed by atoms with Gasteiger partial charge in [-0.2, -0.15) is 0 Å². The molecule has 0 aliphatic rings. The molecule has 1 amide bonds. The van der Waals surface area contributed by atoms with Crippen LogP contribution in [-0.4, -0.2) is 18.5 Å². The van der Waals surface area contributed by atoms with Gasteiger partial charge in [-0.1, -0.05) is 17.7 Å². The molecule has 0 fully saturated rings. The summed E-state index contributed by atoms with van der Waals surface area (Å²) in [6, 6.07) is 7.13. The minimum absolute atomic E-state index is 0.348. The van der Waals surface area contributed by atoms with Crippen LogP contribution >= 0.6 is 0 Å². The molecular weight excluding hydrogens is 208 g/mol. The SMILES string of the molecule is CC(=O)OCC(=O)N(N)c1ccc(C)cc1. The molecule has 0 saturated carbocycles. The van der Waals surface area contributed by atoms with E-state index >= 15 is 0 Å². The summed E-state index contributed by atoms with van der Waals surface area (Å²) < 4.78 is 4.56. The number of carbonyl (C=O) groups is 2. The highest BCUT2D eigenvalue weighted by molar-refractivity contribution is 5.93. The molecule has 0 aliphatic heterocycles. The predicted octanol–water partition coefficient (Wildman–Crippen LogP) is 0.765. The fourth-order valence-electron chi connectivity index (χ4n) is 1.08. The maximum absolute atomic E-state index is 11.5. The molecule has 0 saturated heterocycles. The van der Waals surface area contributed by atoms with Gasteiger partial charge < -0.3 is 4.74 Å². The van der Waals surface area contributed by atoms with Crippen molar-refractivity contribution >= 4 is 17.6 Å². The molecule has 16 heavy (non-hydrogen) atoms. The fourth-order valence-corrected chi connectivity index (χ4v) is 1.08. The summed E-state index contributed by atoms with van der Waals surface area (Å²) in [5.41, 5.74) is 1.63. The summed E-state index contributed by atoms with van der Waals surface area (Å²) in [7, 11) is 0. The van der Waals surface area contributed by atoms with E-state index in [1.54, 1.807) is 12.1 Å². The van der Waals surface area contributed by atoms with E-state index in [0.717, 1.165) is 10.6 Å². The number of hydrogen-bond donors (Lipinski definition) is 1. The van der Waals surface area contributed by atoms with Crippen LogP contribution in [0.5, 0.6) is 0 Å². The number of amides is 1. The number of ether oxygens (including phenoxy) is 1. The van der Waals surface area contributed by atoms with Gasteiger partial charge in [0.15, 0.2) is 6.61 Å². The second-order valence-electron chi connectivity index (χ2n) is 3.38. The normalized spacial score (nSPS) is 9.69. The summed E-state index contributed by atoms with van der Waals surface area (Å²) in [5.74, 6) is 4.59. The van der Waals surface area contributed by atoms with E-state index in [0.29, 0.717) is 5.69 Å². The van der Waals surface area contributed by atoms with E-state index in [4.69, 9.17) is 5.84 Å². The molecule has 2 N–H and O–H groups in total. The maximum atomic E-state index is 11.5. The highest BCUT2D eigenvalue weighted by Crippen LogP contribution is 2.11. The number of rotatable bonds is 3. The van der Waals surface area contributed by atoms with Crippen LogP contribution in [0.15, 0.2) is 24.3 Å². The van der Waals surface area contributed by atoms with Crippen LogP contribution in [0.1, 0.15) is 12.5 Å². The third kappa shape index (κ3) is 3.36.